The highest BCUT2D eigenvalue weighted by Gasteiger charge is 2.21. The van der Waals surface area contributed by atoms with Gasteiger partial charge < -0.3 is 14.8 Å². The Balaban J connectivity index is 1.84. The summed E-state index contributed by atoms with van der Waals surface area (Å²) in [5.41, 5.74) is 1.76. The Morgan fingerprint density at radius 3 is 2.29 bits per heavy atom. The van der Waals surface area contributed by atoms with Gasteiger partial charge in [-0.3, -0.25) is 4.79 Å². The van der Waals surface area contributed by atoms with Gasteiger partial charge in [0.05, 0.1) is 39.9 Å². The second kappa shape index (κ2) is 10.8. The topological polar surface area (TPSA) is 94.6 Å². The molecule has 186 valence electrons. The Bertz CT molecular complexity index is 1340. The molecule has 7 nitrogen and oxygen atoms in total. The number of pyridine rings is 1. The summed E-state index contributed by atoms with van der Waals surface area (Å²) in [7, 11) is -1.76. The van der Waals surface area contributed by atoms with E-state index in [1.54, 1.807) is 32.2 Å². The number of methoxy groups -OCH3 is 1. The number of hydrogen-bond donors (Lipinski definition) is 1. The Kier molecular flexibility index (Phi) is 8.30. The van der Waals surface area contributed by atoms with E-state index in [2.05, 4.69) is 10.3 Å². The second-order valence-electron chi connectivity index (χ2n) is 8.30. The van der Waals surface area contributed by atoms with Crippen molar-refractivity contribution in [3.63, 3.8) is 0 Å². The minimum absolute atomic E-state index is 0.0524. The fourth-order valence-corrected chi connectivity index (χ4v) is 4.53. The Morgan fingerprint density at radius 2 is 1.71 bits per heavy atom. The molecule has 0 aliphatic rings. The summed E-state index contributed by atoms with van der Waals surface area (Å²) >= 11 is 12.9. The average molecular weight is 537 g/mol. The lowest BCUT2D eigenvalue weighted by Gasteiger charge is -2.17. The van der Waals surface area contributed by atoms with Crippen LogP contribution in [0, 0.1) is 0 Å². The first-order valence-electron chi connectivity index (χ1n) is 10.7. The predicted molar refractivity (Wildman–Crippen MR) is 137 cm³/mol. The van der Waals surface area contributed by atoms with Gasteiger partial charge in [0.2, 0.25) is 5.88 Å². The number of hydrogen-bond acceptors (Lipinski definition) is 6. The highest BCUT2D eigenvalue weighted by molar-refractivity contribution is 7.90. The van der Waals surface area contributed by atoms with Gasteiger partial charge in [-0.05, 0) is 48.7 Å². The Morgan fingerprint density at radius 1 is 1.06 bits per heavy atom. The zero-order chi connectivity index (χ0) is 25.9. The number of halogens is 2. The molecule has 0 aliphatic carbocycles. The van der Waals surface area contributed by atoms with Crippen molar-refractivity contribution >= 4 is 38.9 Å². The van der Waals surface area contributed by atoms with Gasteiger partial charge in [0.15, 0.2) is 15.6 Å². The average Bonchev–Trinajstić information content (AvgIpc) is 2.81. The molecule has 0 radical (unpaired) electrons. The minimum Gasteiger partial charge on any atom is -0.481 e. The maximum atomic E-state index is 13.0. The van der Waals surface area contributed by atoms with Crippen molar-refractivity contribution < 1.29 is 22.7 Å². The normalized spacial score (nSPS) is 12.3. The molecule has 1 N–H and O–H groups in total. The third-order valence-corrected chi connectivity index (χ3v) is 7.14. The monoisotopic (exact) mass is 536 g/mol. The molecule has 0 saturated heterocycles. The van der Waals surface area contributed by atoms with Gasteiger partial charge >= 0.3 is 0 Å². The molecule has 0 spiro atoms. The highest BCUT2D eigenvalue weighted by Crippen LogP contribution is 2.40. The van der Waals surface area contributed by atoms with Gasteiger partial charge in [-0.25, -0.2) is 13.4 Å². The van der Waals surface area contributed by atoms with Crippen LogP contribution in [0.15, 0.2) is 53.6 Å². The van der Waals surface area contributed by atoms with E-state index in [0.29, 0.717) is 11.6 Å². The molecule has 3 aromatic rings. The van der Waals surface area contributed by atoms with Gasteiger partial charge in [0.1, 0.15) is 5.75 Å². The molecule has 1 aromatic heterocycles. The van der Waals surface area contributed by atoms with Crippen molar-refractivity contribution in [2.24, 2.45) is 0 Å². The van der Waals surface area contributed by atoms with Crippen molar-refractivity contribution in [1.29, 1.82) is 0 Å². The summed E-state index contributed by atoms with van der Waals surface area (Å²) in [4.78, 5) is 17.5. The number of amides is 1. The van der Waals surface area contributed by atoms with Crippen molar-refractivity contribution in [2.45, 2.75) is 37.6 Å². The third-order valence-electron chi connectivity index (χ3n) is 5.34. The van der Waals surface area contributed by atoms with E-state index >= 15 is 0 Å². The van der Waals surface area contributed by atoms with E-state index in [-0.39, 0.29) is 32.2 Å². The molecule has 2 aromatic carbocycles. The summed E-state index contributed by atoms with van der Waals surface area (Å²) in [6, 6.07) is 10.7. The summed E-state index contributed by atoms with van der Waals surface area (Å²) in [6.45, 7) is 5.79. The second-order valence-corrected chi connectivity index (χ2v) is 11.1. The zero-order valence-corrected chi connectivity index (χ0v) is 22.3. The molecule has 35 heavy (non-hydrogen) atoms. The standard InChI is InChI=1S/C25H26Cl2N2O5S/c1-14(2)20-12-17(13-28-25(20)33-4)34-23-21(26)11-10-19(22(23)27)24(30)29-15(3)16-6-8-18(9-7-16)35(5,31)32/h6-15H,1-5H3,(H,29,30). The molecular formula is C25H26Cl2N2O5S. The van der Waals surface area contributed by atoms with E-state index in [4.69, 9.17) is 32.7 Å². The van der Waals surface area contributed by atoms with E-state index in [0.717, 1.165) is 17.4 Å². The maximum absolute atomic E-state index is 13.0. The molecular weight excluding hydrogens is 511 g/mol. The summed E-state index contributed by atoms with van der Waals surface area (Å²) < 4.78 is 34.6. The Labute approximate surface area is 215 Å². The van der Waals surface area contributed by atoms with Gasteiger partial charge in [-0.2, -0.15) is 0 Å². The largest absolute Gasteiger partial charge is 0.481 e. The molecule has 1 unspecified atom stereocenters. The van der Waals surface area contributed by atoms with Crippen LogP contribution in [0.5, 0.6) is 17.4 Å². The van der Waals surface area contributed by atoms with Crippen molar-refractivity contribution in [3.05, 3.63) is 75.4 Å². The van der Waals surface area contributed by atoms with Crippen molar-refractivity contribution in [2.75, 3.05) is 13.4 Å². The fraction of sp³-hybridized carbons (Fsp3) is 0.280. The molecule has 10 heteroatoms. The van der Waals surface area contributed by atoms with Crippen LogP contribution in [-0.2, 0) is 9.84 Å². The fourth-order valence-electron chi connectivity index (χ4n) is 3.37. The molecule has 0 fully saturated rings. The van der Waals surface area contributed by atoms with Crippen LogP contribution >= 0.6 is 23.2 Å². The number of rotatable bonds is 8. The minimum atomic E-state index is -3.31. The van der Waals surface area contributed by atoms with Gasteiger partial charge in [-0.15, -0.1) is 0 Å². The summed E-state index contributed by atoms with van der Waals surface area (Å²) in [5.74, 6) is 0.725. The van der Waals surface area contributed by atoms with Crippen LogP contribution < -0.4 is 14.8 Å². The smallest absolute Gasteiger partial charge is 0.253 e. The number of nitrogens with one attached hydrogen (secondary N) is 1. The first kappa shape index (κ1) is 26.8. The van der Waals surface area contributed by atoms with Crippen LogP contribution in [0.25, 0.3) is 0 Å². The van der Waals surface area contributed by atoms with Gasteiger partial charge in [-0.1, -0.05) is 49.2 Å². The molecule has 0 aliphatic heterocycles. The number of ether oxygens (including phenoxy) is 2. The number of aromatic nitrogens is 1. The third kappa shape index (κ3) is 6.25. The lowest BCUT2D eigenvalue weighted by atomic mass is 10.1. The zero-order valence-electron chi connectivity index (χ0n) is 19.9. The first-order valence-corrected chi connectivity index (χ1v) is 13.4. The van der Waals surface area contributed by atoms with E-state index < -0.39 is 21.8 Å². The molecule has 1 heterocycles. The molecule has 1 atom stereocenters. The first-order chi connectivity index (χ1) is 16.4. The number of nitrogens with zero attached hydrogens (tertiary/aromatic N) is 1. The lowest BCUT2D eigenvalue weighted by Crippen LogP contribution is -2.27. The lowest BCUT2D eigenvalue weighted by molar-refractivity contribution is 0.0939. The summed E-state index contributed by atoms with van der Waals surface area (Å²) in [6.07, 6.45) is 2.63. The molecule has 1 amide bonds. The number of carbonyl (C=O) groups is 1. The molecule has 0 bridgehead atoms. The van der Waals surface area contributed by atoms with Crippen LogP contribution in [-0.4, -0.2) is 32.7 Å². The summed E-state index contributed by atoms with van der Waals surface area (Å²) in [5, 5.41) is 3.15. The van der Waals surface area contributed by atoms with Crippen LogP contribution in [0.1, 0.15) is 54.2 Å². The maximum Gasteiger partial charge on any atom is 0.253 e. The van der Waals surface area contributed by atoms with Crippen LogP contribution in [0.3, 0.4) is 0 Å². The number of benzene rings is 2. The van der Waals surface area contributed by atoms with Crippen LogP contribution in [0.2, 0.25) is 10.0 Å². The highest BCUT2D eigenvalue weighted by atomic mass is 35.5. The molecule has 3 rings (SSSR count). The van der Waals surface area contributed by atoms with E-state index in [1.165, 1.54) is 30.5 Å². The SMILES string of the molecule is COc1ncc(Oc2c(Cl)ccc(C(=O)NC(C)c3ccc(S(C)(=O)=O)cc3)c2Cl)cc1C(C)C. The van der Waals surface area contributed by atoms with E-state index in [9.17, 15) is 13.2 Å². The van der Waals surface area contributed by atoms with Gasteiger partial charge in [0, 0.05) is 11.8 Å². The number of carbonyl (C=O) groups excluding carboxylic acids is 1. The van der Waals surface area contributed by atoms with E-state index in [1.807, 2.05) is 13.8 Å². The number of sulfone groups is 1. The predicted octanol–water partition coefficient (Wildman–Crippen LogP) is 6.21. The Hall–Kier alpha value is -2.81. The quantitative estimate of drug-likeness (QED) is 0.367. The van der Waals surface area contributed by atoms with Gasteiger partial charge in [0.25, 0.3) is 5.91 Å². The van der Waals surface area contributed by atoms with Crippen LogP contribution in [0.4, 0.5) is 0 Å². The van der Waals surface area contributed by atoms with Crippen molar-refractivity contribution in [3.8, 4) is 17.4 Å². The van der Waals surface area contributed by atoms with Crippen molar-refractivity contribution in [1.82, 2.24) is 10.3 Å². The molecule has 0 saturated carbocycles.